The van der Waals surface area contributed by atoms with Gasteiger partial charge in [-0.25, -0.2) is 0 Å². The predicted molar refractivity (Wildman–Crippen MR) is 383 cm³/mol. The van der Waals surface area contributed by atoms with Gasteiger partial charge in [-0.05, 0) is 119 Å². The lowest BCUT2D eigenvalue weighted by Gasteiger charge is -2.41. The van der Waals surface area contributed by atoms with Gasteiger partial charge in [0.2, 0.25) is 70.9 Å². The van der Waals surface area contributed by atoms with Crippen LogP contribution >= 0.6 is 0 Å². The second-order valence-corrected chi connectivity index (χ2v) is 30.2. The fraction of sp³-hybridized carbons (Fsp3) is 0.806. The van der Waals surface area contributed by atoms with Gasteiger partial charge < -0.3 is 76.2 Å². The molecule has 1 heterocycles. The summed E-state index contributed by atoms with van der Waals surface area (Å²) < 4.78 is 0. The van der Waals surface area contributed by atoms with Gasteiger partial charge in [-0.1, -0.05) is 130 Å². The van der Waals surface area contributed by atoms with Gasteiger partial charge in [-0.3, -0.25) is 57.5 Å². The first-order valence-electron chi connectivity index (χ1n) is 35.6. The minimum Gasteiger partial charge on any atom is -0.396 e. The van der Waals surface area contributed by atoms with Crippen LogP contribution in [0.2, 0.25) is 0 Å². The van der Waals surface area contributed by atoms with Crippen LogP contribution in [-0.2, 0) is 57.5 Å². The van der Waals surface area contributed by atoms with Crippen LogP contribution in [0, 0.1) is 46.8 Å². The normalized spacial score (nSPS) is 25.1. The molecule has 27 nitrogen and oxygen atoms in total. The van der Waals surface area contributed by atoms with Crippen LogP contribution in [0.1, 0.15) is 190 Å². The monoisotopic (exact) mass is 1400 g/mol. The second-order valence-electron chi connectivity index (χ2n) is 30.2. The van der Waals surface area contributed by atoms with E-state index in [1.165, 1.54) is 87.7 Å². The molecule has 8 N–H and O–H groups in total. The molecule has 1 rings (SSSR count). The third-order valence-electron chi connectivity index (χ3n) is 18.6. The number of hydrogen-bond acceptors (Lipinski definition) is 15. The van der Waals surface area contributed by atoms with Crippen LogP contribution in [0.4, 0.5) is 0 Å². The Balaban J connectivity index is 0.00000610. The number of allylic oxidation sites excluding steroid dienone is 2. The van der Waals surface area contributed by atoms with E-state index < -0.39 is 167 Å². The van der Waals surface area contributed by atoms with Crippen molar-refractivity contribution in [3.63, 3.8) is 0 Å². The van der Waals surface area contributed by atoms with Gasteiger partial charge in [0.25, 0.3) is 0 Å². The SMILES string of the molecule is C/C=C/C[C@@H](C)[C@@H](O)[C@H]1C(=O)N[C@@H](CC)C(=O)N(C)CC(=O)N(C)[C@@H](CC(C)C)C(=O)N[C@@H](C(C)C)C(=O)N(C)[C@@H](CC(C)C)C(=O)N[C@@H](C)C(=O)N[C@H](C)C(=O)N(C)[C@@H](CC(C)C)C(=O)N(C)[C@@H](CC(C)C)C(=O)N(C)[C@@H](C(C)C)C(=O)N1C.CCC(C)(C)[C@@H](O)C(=O)NCCCO. The van der Waals surface area contributed by atoms with E-state index in [4.69, 9.17) is 5.11 Å². The molecule has 13 atom stereocenters. The Kier molecular flexibility index (Phi) is 40.2. The minimum atomic E-state index is -1.61. The second kappa shape index (κ2) is 43.2. The highest BCUT2D eigenvalue weighted by Gasteiger charge is 2.46. The van der Waals surface area contributed by atoms with Gasteiger partial charge in [-0.15, -0.1) is 0 Å². The van der Waals surface area contributed by atoms with Crippen LogP contribution in [-0.4, -0.2) is 262 Å². The number of carbonyl (C=O) groups is 12. The number of likely N-dealkylation sites (N-methyl/N-ethyl adjacent to an activating group) is 7. The molecule has 0 spiro atoms. The number of nitrogens with zero attached hydrogens (tertiary/aromatic N) is 7. The average Bonchev–Trinajstić information content (AvgIpc) is 0.804. The smallest absolute Gasteiger partial charge is 0.249 e. The molecule has 0 radical (unpaired) electrons. The van der Waals surface area contributed by atoms with E-state index in [0.29, 0.717) is 19.4 Å². The molecule has 1 saturated heterocycles. The summed E-state index contributed by atoms with van der Waals surface area (Å²) in [4.78, 5) is 180. The van der Waals surface area contributed by atoms with Gasteiger partial charge in [-0.2, -0.15) is 0 Å². The Labute approximate surface area is 592 Å². The van der Waals surface area contributed by atoms with E-state index in [1.807, 2.05) is 82.2 Å². The Hall–Kier alpha value is -6.74. The Morgan fingerprint density at radius 3 is 1.41 bits per heavy atom. The maximum atomic E-state index is 15.1. The van der Waals surface area contributed by atoms with Crippen molar-refractivity contribution in [3.05, 3.63) is 12.2 Å². The Morgan fingerprint density at radius 2 is 0.970 bits per heavy atom. The summed E-state index contributed by atoms with van der Waals surface area (Å²) in [6, 6.07) is -12.3. The molecule has 570 valence electrons. The van der Waals surface area contributed by atoms with Crippen molar-refractivity contribution >= 4 is 70.9 Å². The average molecular weight is 1410 g/mol. The van der Waals surface area contributed by atoms with Crippen LogP contribution in [0.3, 0.4) is 0 Å². The number of aliphatic hydroxyl groups is 3. The maximum absolute atomic E-state index is 15.1. The summed E-state index contributed by atoms with van der Waals surface area (Å²) in [5.41, 5.74) is -0.400. The number of aliphatic hydroxyl groups excluding tert-OH is 3. The summed E-state index contributed by atoms with van der Waals surface area (Å²) in [6.07, 6.45) is 3.32. The van der Waals surface area contributed by atoms with Crippen molar-refractivity contribution in [2.24, 2.45) is 46.8 Å². The molecule has 0 aromatic rings. The van der Waals surface area contributed by atoms with Crippen molar-refractivity contribution in [1.29, 1.82) is 0 Å². The number of rotatable bonds is 21. The molecular weight excluding hydrogens is 1270 g/mol. The van der Waals surface area contributed by atoms with E-state index in [-0.39, 0.29) is 68.3 Å². The van der Waals surface area contributed by atoms with Crippen molar-refractivity contribution in [2.75, 3.05) is 69.0 Å². The largest absolute Gasteiger partial charge is 0.396 e. The van der Waals surface area contributed by atoms with Crippen LogP contribution < -0.4 is 26.6 Å². The zero-order valence-corrected chi connectivity index (χ0v) is 65.3. The topological polar surface area (TPSA) is 348 Å². The molecule has 99 heavy (non-hydrogen) atoms. The molecule has 0 aromatic carbocycles. The van der Waals surface area contributed by atoms with Crippen molar-refractivity contribution in [3.8, 4) is 0 Å². The summed E-state index contributed by atoms with van der Waals surface area (Å²) in [5, 5.41) is 43.8. The fourth-order valence-electron chi connectivity index (χ4n) is 11.6. The predicted octanol–water partition coefficient (Wildman–Crippen LogP) is 3.55. The summed E-state index contributed by atoms with van der Waals surface area (Å²) in [5.74, 6) is -10.1. The first-order valence-corrected chi connectivity index (χ1v) is 35.6. The lowest BCUT2D eigenvalue weighted by Crippen LogP contribution is -2.63. The highest BCUT2D eigenvalue weighted by Crippen LogP contribution is 2.27. The van der Waals surface area contributed by atoms with Gasteiger partial charge >= 0.3 is 0 Å². The van der Waals surface area contributed by atoms with Crippen molar-refractivity contribution < 1.29 is 72.9 Å². The van der Waals surface area contributed by atoms with Crippen LogP contribution in [0.5, 0.6) is 0 Å². The van der Waals surface area contributed by atoms with Gasteiger partial charge in [0.15, 0.2) is 0 Å². The van der Waals surface area contributed by atoms with Crippen molar-refractivity contribution in [2.45, 2.75) is 262 Å². The quantitative estimate of drug-likeness (QED) is 0.0602. The van der Waals surface area contributed by atoms with E-state index in [1.54, 1.807) is 54.5 Å². The number of nitrogens with one attached hydrogen (secondary N) is 5. The molecule has 1 aliphatic rings. The highest BCUT2D eigenvalue weighted by molar-refractivity contribution is 5.99. The van der Waals surface area contributed by atoms with E-state index in [2.05, 4.69) is 26.6 Å². The molecule has 1 aliphatic heterocycles. The van der Waals surface area contributed by atoms with E-state index >= 15 is 9.59 Å². The van der Waals surface area contributed by atoms with Gasteiger partial charge in [0.05, 0.1) is 12.6 Å². The molecule has 12 amide bonds. The molecule has 0 aromatic heterocycles. The van der Waals surface area contributed by atoms with Gasteiger partial charge in [0, 0.05) is 62.5 Å². The molecule has 1 fully saturated rings. The Bertz CT molecular complexity index is 2690. The zero-order chi connectivity index (χ0) is 77.2. The standard InChI is InChI=1S/C62H111N11O12.C10H21NO3/c1-25-27-28-40(15)52(75)51-56(79)65-43(26-2)58(81)67(18)33-48(74)68(19)44(29-34(3)4)55(78)66-49(38(11)12)61(84)69(20)45(30-35(5)6)54(77)63-41(16)53(76)64-42(17)57(80)70(21)46(31-36(7)8)59(82)71(22)47(32-37(9)10)60(83)72(23)50(39(13)14)62(85)73(51)24;1-4-10(2,3)8(13)9(14)11-6-5-7-12/h25,27,34-47,49-52,75H,26,28-33H2,1-24H3,(H,63,77)(H,64,76)(H,65,79)(H,66,78);8,12-13H,4-7H2,1-3H3,(H,11,14)/b27-25+;/t40-,41+,42-,43+,44+,45+,46+,47+,49+,50+,51+,52-;8-/m10/s1. The molecule has 0 bridgehead atoms. The molecule has 0 unspecified atom stereocenters. The zero-order valence-electron chi connectivity index (χ0n) is 65.3. The maximum Gasteiger partial charge on any atom is 0.249 e. The van der Waals surface area contributed by atoms with Crippen LogP contribution in [0.15, 0.2) is 12.2 Å². The minimum absolute atomic E-state index is 0.0229. The summed E-state index contributed by atoms with van der Waals surface area (Å²) in [6.45, 7) is 35.4. The fourth-order valence-corrected chi connectivity index (χ4v) is 11.6. The summed E-state index contributed by atoms with van der Waals surface area (Å²) >= 11 is 0. The van der Waals surface area contributed by atoms with Crippen LogP contribution in [0.25, 0.3) is 0 Å². The van der Waals surface area contributed by atoms with Crippen molar-refractivity contribution in [1.82, 2.24) is 60.9 Å². The lowest BCUT2D eigenvalue weighted by atomic mass is 9.83. The van der Waals surface area contributed by atoms with E-state index in [0.717, 1.165) is 16.2 Å². The first kappa shape index (κ1) is 92.3. The molecule has 27 heteroatoms. The molecule has 0 aliphatic carbocycles. The summed E-state index contributed by atoms with van der Waals surface area (Å²) in [7, 11) is 9.92. The highest BCUT2D eigenvalue weighted by atomic mass is 16.3. The number of amides is 12. The lowest BCUT2D eigenvalue weighted by molar-refractivity contribution is -0.157. The third-order valence-corrected chi connectivity index (χ3v) is 18.6. The Morgan fingerprint density at radius 1 is 0.535 bits per heavy atom. The third kappa shape index (κ3) is 28.0. The first-order chi connectivity index (χ1) is 45.7. The number of carbonyl (C=O) groups excluding carboxylic acids is 12. The number of hydrogen-bond donors (Lipinski definition) is 8. The molecular formula is C72H132N12O15. The molecule has 0 saturated carbocycles. The van der Waals surface area contributed by atoms with E-state index in [9.17, 15) is 58.2 Å². The van der Waals surface area contributed by atoms with Gasteiger partial charge in [0.1, 0.15) is 66.5 Å².